The number of benzene rings is 1. The number of fused-ring (bicyclic) bond motifs is 1. The molecule has 3 nitrogen and oxygen atoms in total. The zero-order valence-corrected chi connectivity index (χ0v) is 9.26. The molecule has 2 N–H and O–H groups in total. The Morgan fingerprint density at radius 1 is 1.18 bits per heavy atom. The second-order valence-electron chi connectivity index (χ2n) is 3.87. The fraction of sp³-hybridized carbons (Fsp3) is 0.0714. The summed E-state index contributed by atoms with van der Waals surface area (Å²) >= 11 is 0. The molecule has 0 atom stereocenters. The summed E-state index contributed by atoms with van der Waals surface area (Å²) in [6.07, 6.45) is 3.47. The highest BCUT2D eigenvalue weighted by atomic mass is 16.3. The molecule has 2 aromatic heterocycles. The van der Waals surface area contributed by atoms with Crippen LogP contribution in [0.25, 0.3) is 22.0 Å². The predicted octanol–water partition coefficient (Wildman–Crippen LogP) is 2.95. The van der Waals surface area contributed by atoms with Crippen molar-refractivity contribution in [3.8, 4) is 11.1 Å². The Morgan fingerprint density at radius 2 is 2.12 bits per heavy atom. The molecule has 17 heavy (non-hydrogen) atoms. The van der Waals surface area contributed by atoms with Crippen LogP contribution in [0.1, 0.15) is 5.76 Å². The lowest BCUT2D eigenvalue weighted by molar-refractivity contribution is 0.513. The number of furan rings is 1. The van der Waals surface area contributed by atoms with Gasteiger partial charge in [0.15, 0.2) is 0 Å². The van der Waals surface area contributed by atoms with Crippen molar-refractivity contribution in [3.05, 3.63) is 54.6 Å². The van der Waals surface area contributed by atoms with Gasteiger partial charge in [-0.3, -0.25) is 4.98 Å². The Morgan fingerprint density at radius 3 is 3.00 bits per heavy atom. The van der Waals surface area contributed by atoms with Gasteiger partial charge in [0.25, 0.3) is 0 Å². The molecule has 0 amide bonds. The normalized spacial score (nSPS) is 10.9. The van der Waals surface area contributed by atoms with Crippen LogP contribution in [0.15, 0.2) is 53.3 Å². The van der Waals surface area contributed by atoms with Gasteiger partial charge in [-0.05, 0) is 29.8 Å². The first-order chi connectivity index (χ1) is 8.38. The van der Waals surface area contributed by atoms with E-state index in [-0.39, 0.29) is 0 Å². The second-order valence-corrected chi connectivity index (χ2v) is 3.87. The highest BCUT2D eigenvalue weighted by Crippen LogP contribution is 2.27. The van der Waals surface area contributed by atoms with Crippen LogP contribution in [-0.4, -0.2) is 4.98 Å². The molecule has 84 valence electrons. The second kappa shape index (κ2) is 4.03. The van der Waals surface area contributed by atoms with E-state index in [1.54, 1.807) is 12.5 Å². The first-order valence-electron chi connectivity index (χ1n) is 5.50. The van der Waals surface area contributed by atoms with Crippen molar-refractivity contribution in [3.63, 3.8) is 0 Å². The van der Waals surface area contributed by atoms with Gasteiger partial charge in [-0.15, -0.1) is 0 Å². The maximum Gasteiger partial charge on any atom is 0.125 e. The SMILES string of the molecule is NCc1occc1-c1ccc2ncccc2c1. The summed E-state index contributed by atoms with van der Waals surface area (Å²) in [5.41, 5.74) is 8.80. The first kappa shape index (κ1) is 10.1. The Balaban J connectivity index is 2.18. The van der Waals surface area contributed by atoms with Crippen molar-refractivity contribution in [2.45, 2.75) is 6.54 Å². The summed E-state index contributed by atoms with van der Waals surface area (Å²) < 4.78 is 5.34. The van der Waals surface area contributed by atoms with E-state index in [4.69, 9.17) is 10.2 Å². The Kier molecular flexibility index (Phi) is 2.38. The molecule has 1 aromatic carbocycles. The molecule has 3 aromatic rings. The molecule has 0 unspecified atom stereocenters. The molecular formula is C14H12N2O. The first-order valence-corrected chi connectivity index (χ1v) is 5.50. The molecule has 0 aliphatic heterocycles. The molecule has 2 heterocycles. The van der Waals surface area contributed by atoms with Crippen LogP contribution in [0.5, 0.6) is 0 Å². The number of pyridine rings is 1. The summed E-state index contributed by atoms with van der Waals surface area (Å²) in [7, 11) is 0. The summed E-state index contributed by atoms with van der Waals surface area (Å²) in [4.78, 5) is 4.30. The standard InChI is InChI=1S/C14H12N2O/c15-9-14-12(5-7-17-14)10-3-4-13-11(8-10)2-1-6-16-13/h1-8H,9,15H2. The maximum absolute atomic E-state index is 5.64. The van der Waals surface area contributed by atoms with E-state index in [0.717, 1.165) is 27.8 Å². The molecule has 0 saturated heterocycles. The minimum Gasteiger partial charge on any atom is -0.467 e. The molecule has 0 spiro atoms. The van der Waals surface area contributed by atoms with Crippen LogP contribution in [0.4, 0.5) is 0 Å². The van der Waals surface area contributed by atoms with Gasteiger partial charge < -0.3 is 10.2 Å². The fourth-order valence-corrected chi connectivity index (χ4v) is 2.00. The molecule has 0 saturated carbocycles. The van der Waals surface area contributed by atoms with Crippen molar-refractivity contribution >= 4 is 10.9 Å². The van der Waals surface area contributed by atoms with E-state index in [1.165, 1.54) is 0 Å². The highest BCUT2D eigenvalue weighted by Gasteiger charge is 2.07. The minimum atomic E-state index is 0.410. The lowest BCUT2D eigenvalue weighted by Gasteiger charge is -2.03. The number of hydrogen-bond donors (Lipinski definition) is 1. The van der Waals surface area contributed by atoms with Crippen molar-refractivity contribution < 1.29 is 4.42 Å². The largest absolute Gasteiger partial charge is 0.467 e. The summed E-state index contributed by atoms with van der Waals surface area (Å²) in [6.45, 7) is 0.410. The average molecular weight is 224 g/mol. The van der Waals surface area contributed by atoms with Gasteiger partial charge in [0.2, 0.25) is 0 Å². The van der Waals surface area contributed by atoms with E-state index in [9.17, 15) is 0 Å². The number of aromatic nitrogens is 1. The van der Waals surface area contributed by atoms with Gasteiger partial charge >= 0.3 is 0 Å². The third-order valence-electron chi connectivity index (χ3n) is 2.84. The van der Waals surface area contributed by atoms with Crippen LogP contribution < -0.4 is 5.73 Å². The molecule has 0 aliphatic carbocycles. The van der Waals surface area contributed by atoms with Crippen LogP contribution >= 0.6 is 0 Å². The van der Waals surface area contributed by atoms with Crippen LogP contribution in [-0.2, 0) is 6.54 Å². The minimum absolute atomic E-state index is 0.410. The lowest BCUT2D eigenvalue weighted by Crippen LogP contribution is -1.95. The third-order valence-corrected chi connectivity index (χ3v) is 2.84. The van der Waals surface area contributed by atoms with E-state index >= 15 is 0 Å². The molecule has 0 aliphatic rings. The summed E-state index contributed by atoms with van der Waals surface area (Å²) in [5, 5.41) is 1.12. The van der Waals surface area contributed by atoms with Gasteiger partial charge in [-0.1, -0.05) is 12.1 Å². The summed E-state index contributed by atoms with van der Waals surface area (Å²) in [6, 6.07) is 12.1. The number of rotatable bonds is 2. The van der Waals surface area contributed by atoms with Gasteiger partial charge in [0.05, 0.1) is 18.3 Å². The van der Waals surface area contributed by atoms with Crippen LogP contribution in [0.3, 0.4) is 0 Å². The van der Waals surface area contributed by atoms with Gasteiger partial charge in [-0.25, -0.2) is 0 Å². The zero-order chi connectivity index (χ0) is 11.7. The molecule has 0 bridgehead atoms. The van der Waals surface area contributed by atoms with Crippen molar-refractivity contribution in [1.29, 1.82) is 0 Å². The maximum atomic E-state index is 5.64. The number of nitrogens with zero attached hydrogens (tertiary/aromatic N) is 1. The molecule has 0 fully saturated rings. The molecular weight excluding hydrogens is 212 g/mol. The zero-order valence-electron chi connectivity index (χ0n) is 9.26. The Bertz CT molecular complexity index is 658. The van der Waals surface area contributed by atoms with E-state index in [2.05, 4.69) is 11.1 Å². The highest BCUT2D eigenvalue weighted by molar-refractivity contribution is 5.84. The van der Waals surface area contributed by atoms with Crippen molar-refractivity contribution in [1.82, 2.24) is 4.98 Å². The average Bonchev–Trinajstić information content (AvgIpc) is 2.86. The fourth-order valence-electron chi connectivity index (χ4n) is 2.00. The topological polar surface area (TPSA) is 52.0 Å². The molecule has 3 rings (SSSR count). The smallest absolute Gasteiger partial charge is 0.125 e. The van der Waals surface area contributed by atoms with E-state index in [1.807, 2.05) is 30.3 Å². The van der Waals surface area contributed by atoms with Gasteiger partial charge in [-0.2, -0.15) is 0 Å². The summed E-state index contributed by atoms with van der Waals surface area (Å²) in [5.74, 6) is 0.813. The number of nitrogens with two attached hydrogens (primary N) is 1. The predicted molar refractivity (Wildman–Crippen MR) is 67.3 cm³/mol. The van der Waals surface area contributed by atoms with Crippen molar-refractivity contribution in [2.75, 3.05) is 0 Å². The Hall–Kier alpha value is -2.13. The monoisotopic (exact) mass is 224 g/mol. The Labute approximate surface area is 98.9 Å². The van der Waals surface area contributed by atoms with Gasteiger partial charge in [0, 0.05) is 17.1 Å². The third kappa shape index (κ3) is 1.70. The number of hydrogen-bond acceptors (Lipinski definition) is 3. The van der Waals surface area contributed by atoms with Crippen LogP contribution in [0.2, 0.25) is 0 Å². The molecule has 3 heteroatoms. The van der Waals surface area contributed by atoms with E-state index in [0.29, 0.717) is 6.54 Å². The van der Waals surface area contributed by atoms with E-state index < -0.39 is 0 Å². The van der Waals surface area contributed by atoms with Crippen molar-refractivity contribution in [2.24, 2.45) is 5.73 Å². The van der Waals surface area contributed by atoms with Crippen LogP contribution in [0, 0.1) is 0 Å². The lowest BCUT2D eigenvalue weighted by atomic mass is 10.0. The molecule has 0 radical (unpaired) electrons. The quantitative estimate of drug-likeness (QED) is 0.728. The van der Waals surface area contributed by atoms with Gasteiger partial charge in [0.1, 0.15) is 5.76 Å².